The summed E-state index contributed by atoms with van der Waals surface area (Å²) in [4.78, 5) is 2.28. The van der Waals surface area contributed by atoms with Crippen LogP contribution in [0.5, 0.6) is 0 Å². The minimum atomic E-state index is 0.349. The summed E-state index contributed by atoms with van der Waals surface area (Å²) in [5, 5.41) is 0. The van der Waals surface area contributed by atoms with Crippen LogP contribution < -0.4 is 0 Å². The van der Waals surface area contributed by atoms with E-state index in [0.29, 0.717) is 12.0 Å². The average molecular weight is 191 g/mol. The molecule has 0 N–H and O–H groups in total. The summed E-state index contributed by atoms with van der Waals surface area (Å²) in [7, 11) is 3.89. The van der Waals surface area contributed by atoms with Crippen LogP contribution in [-0.4, -0.2) is 51.1 Å². The molecule has 0 saturated carbocycles. The lowest BCUT2D eigenvalue weighted by atomic mass is 10.1. The molecule has 3 nitrogen and oxygen atoms in total. The van der Waals surface area contributed by atoms with E-state index in [0.717, 1.165) is 19.7 Å². The third-order valence-corrected chi connectivity index (χ3v) is 2.64. The molecule has 0 aromatic rings. The third-order valence-electron chi connectivity index (χ3n) is 2.27. The smallest absolute Gasteiger partial charge is 0.0760 e. The summed E-state index contributed by atoms with van der Waals surface area (Å²) in [5.74, 6) is 0.535. The minimum absolute atomic E-state index is 0.349. The first-order chi connectivity index (χ1) is 5.77. The van der Waals surface area contributed by atoms with Crippen LogP contribution in [0.15, 0.2) is 0 Å². The van der Waals surface area contributed by atoms with E-state index in [9.17, 15) is 0 Å². The first kappa shape index (κ1) is 10.3. The lowest BCUT2D eigenvalue weighted by molar-refractivity contribution is 0.0647. The van der Waals surface area contributed by atoms with Gasteiger partial charge in [-0.15, -0.1) is 0 Å². The molecule has 1 rings (SSSR count). The molecule has 0 aromatic carbocycles. The third kappa shape index (κ3) is 2.62. The number of hydrogen-bond acceptors (Lipinski definition) is 4. The van der Waals surface area contributed by atoms with Gasteiger partial charge >= 0.3 is 0 Å². The van der Waals surface area contributed by atoms with Gasteiger partial charge < -0.3 is 13.8 Å². The zero-order chi connectivity index (χ0) is 8.97. The van der Waals surface area contributed by atoms with Crippen molar-refractivity contribution in [3.05, 3.63) is 0 Å². The summed E-state index contributed by atoms with van der Waals surface area (Å²) < 4.78 is 10.7. The van der Waals surface area contributed by atoms with Crippen LogP contribution in [0, 0.1) is 5.92 Å². The Hall–Kier alpha value is 0.230. The zero-order valence-corrected chi connectivity index (χ0v) is 8.76. The fourth-order valence-electron chi connectivity index (χ4n) is 1.63. The summed E-state index contributed by atoms with van der Waals surface area (Å²) in [6.07, 6.45) is 2.29. The highest BCUT2D eigenvalue weighted by molar-refractivity contribution is 7.93. The van der Waals surface area contributed by atoms with Crippen molar-refractivity contribution in [1.29, 1.82) is 0 Å². The lowest BCUT2D eigenvalue weighted by Gasteiger charge is -2.15. The monoisotopic (exact) mass is 191 g/mol. The van der Waals surface area contributed by atoms with E-state index in [1.165, 1.54) is 12.0 Å². The Labute approximate surface area is 78.6 Å². The van der Waals surface area contributed by atoms with Crippen molar-refractivity contribution in [2.24, 2.45) is 5.92 Å². The molecule has 72 valence electrons. The molecule has 0 amide bonds. The fourth-order valence-corrected chi connectivity index (χ4v) is 1.94. The number of likely N-dealkylation sites (N-methyl/N-ethyl adjacent to an activating group) is 1. The van der Waals surface area contributed by atoms with Gasteiger partial charge in [0.15, 0.2) is 0 Å². The van der Waals surface area contributed by atoms with Crippen LogP contribution in [0.2, 0.25) is 0 Å². The largest absolute Gasteiger partial charge is 0.380 e. The van der Waals surface area contributed by atoms with E-state index in [1.807, 2.05) is 6.26 Å². The summed E-state index contributed by atoms with van der Waals surface area (Å²) in [6, 6.07) is 0. The van der Waals surface area contributed by atoms with Gasteiger partial charge in [0.2, 0.25) is 0 Å². The number of likely N-dealkylation sites (tertiary alicyclic amines) is 1. The quantitative estimate of drug-likeness (QED) is 0.614. The Morgan fingerprint density at radius 2 is 2.25 bits per heavy atom. The van der Waals surface area contributed by atoms with Crippen molar-refractivity contribution in [1.82, 2.24) is 4.90 Å². The number of hydrogen-bond donors (Lipinski definition) is 0. The van der Waals surface area contributed by atoms with Gasteiger partial charge in [0.05, 0.1) is 12.7 Å². The van der Waals surface area contributed by atoms with Crippen LogP contribution in [0.3, 0.4) is 0 Å². The molecule has 1 heterocycles. The van der Waals surface area contributed by atoms with Gasteiger partial charge in [0.25, 0.3) is 0 Å². The molecule has 0 radical (unpaired) electrons. The SMILES string of the molecule is COC1CN(C)CC1COSC. The summed E-state index contributed by atoms with van der Waals surface area (Å²) in [6.45, 7) is 2.90. The van der Waals surface area contributed by atoms with E-state index in [-0.39, 0.29) is 0 Å². The Morgan fingerprint density at radius 1 is 1.50 bits per heavy atom. The van der Waals surface area contributed by atoms with Crippen molar-refractivity contribution in [2.75, 3.05) is 40.1 Å². The van der Waals surface area contributed by atoms with Crippen LogP contribution in [0.25, 0.3) is 0 Å². The maximum Gasteiger partial charge on any atom is 0.0760 e. The van der Waals surface area contributed by atoms with Crippen LogP contribution in [-0.2, 0) is 8.92 Å². The first-order valence-electron chi connectivity index (χ1n) is 4.15. The molecule has 4 heteroatoms. The maximum atomic E-state index is 5.36. The number of rotatable bonds is 4. The molecule has 0 aliphatic carbocycles. The van der Waals surface area contributed by atoms with Gasteiger partial charge in [-0.1, -0.05) is 0 Å². The Bertz CT molecular complexity index is 134. The Kier molecular flexibility index (Phi) is 4.35. The standard InChI is InChI=1S/C8H17NO2S/c1-9-4-7(6-11-12-3)8(5-9)10-2/h7-8H,4-6H2,1-3H3. The molecule has 1 fully saturated rings. The highest BCUT2D eigenvalue weighted by Gasteiger charge is 2.30. The molecule has 2 unspecified atom stereocenters. The topological polar surface area (TPSA) is 21.7 Å². The van der Waals surface area contributed by atoms with E-state index >= 15 is 0 Å². The second-order valence-electron chi connectivity index (χ2n) is 3.21. The molecular weight excluding hydrogens is 174 g/mol. The van der Waals surface area contributed by atoms with Crippen LogP contribution >= 0.6 is 12.0 Å². The van der Waals surface area contributed by atoms with Crippen molar-refractivity contribution >= 4 is 12.0 Å². The van der Waals surface area contributed by atoms with Crippen LogP contribution in [0.1, 0.15) is 0 Å². The van der Waals surface area contributed by atoms with E-state index < -0.39 is 0 Å². The van der Waals surface area contributed by atoms with Crippen molar-refractivity contribution in [2.45, 2.75) is 6.10 Å². The highest BCUT2D eigenvalue weighted by Crippen LogP contribution is 2.19. The second-order valence-corrected chi connectivity index (χ2v) is 3.78. The minimum Gasteiger partial charge on any atom is -0.380 e. The molecular formula is C8H17NO2S. The maximum absolute atomic E-state index is 5.36. The molecule has 0 aromatic heterocycles. The van der Waals surface area contributed by atoms with Gasteiger partial charge in [-0.25, -0.2) is 0 Å². The predicted octanol–water partition coefficient (Wildman–Crippen LogP) is 0.858. The average Bonchev–Trinajstić information content (AvgIpc) is 2.42. The normalized spacial score (nSPS) is 31.2. The van der Waals surface area contributed by atoms with Crippen molar-refractivity contribution in [3.63, 3.8) is 0 Å². The van der Waals surface area contributed by atoms with Crippen molar-refractivity contribution in [3.8, 4) is 0 Å². The Balaban J connectivity index is 2.30. The molecule has 1 saturated heterocycles. The first-order valence-corrected chi connectivity index (χ1v) is 5.30. The predicted molar refractivity (Wildman–Crippen MR) is 51.3 cm³/mol. The van der Waals surface area contributed by atoms with Gasteiger partial charge in [-0.3, -0.25) is 0 Å². The zero-order valence-electron chi connectivity index (χ0n) is 7.95. The number of ether oxygens (including phenoxy) is 1. The lowest BCUT2D eigenvalue weighted by Crippen LogP contribution is -2.24. The molecule has 0 spiro atoms. The number of nitrogens with zero attached hydrogens (tertiary/aromatic N) is 1. The Morgan fingerprint density at radius 3 is 2.83 bits per heavy atom. The van der Waals surface area contributed by atoms with Crippen molar-refractivity contribution < 1.29 is 8.92 Å². The van der Waals surface area contributed by atoms with Gasteiger partial charge in [-0.05, 0) is 19.1 Å². The number of methoxy groups -OCH3 is 1. The summed E-state index contributed by atoms with van der Waals surface area (Å²) in [5.41, 5.74) is 0. The van der Waals surface area contributed by atoms with Gasteiger partial charge in [0.1, 0.15) is 0 Å². The summed E-state index contributed by atoms with van der Waals surface area (Å²) >= 11 is 1.43. The fraction of sp³-hybridized carbons (Fsp3) is 1.00. The van der Waals surface area contributed by atoms with Gasteiger partial charge in [0, 0.05) is 32.4 Å². The van der Waals surface area contributed by atoms with E-state index in [1.54, 1.807) is 7.11 Å². The molecule has 12 heavy (non-hydrogen) atoms. The molecule has 2 atom stereocenters. The van der Waals surface area contributed by atoms with Crippen LogP contribution in [0.4, 0.5) is 0 Å². The molecule has 1 aliphatic heterocycles. The van der Waals surface area contributed by atoms with Gasteiger partial charge in [-0.2, -0.15) is 0 Å². The van der Waals surface area contributed by atoms with E-state index in [2.05, 4.69) is 11.9 Å². The highest BCUT2D eigenvalue weighted by atomic mass is 32.2. The molecule has 1 aliphatic rings. The second kappa shape index (κ2) is 5.07. The molecule has 0 bridgehead atoms. The van der Waals surface area contributed by atoms with E-state index in [4.69, 9.17) is 8.92 Å².